The summed E-state index contributed by atoms with van der Waals surface area (Å²) >= 11 is 5.46. The van der Waals surface area contributed by atoms with Crippen LogP contribution in [0, 0.1) is 0 Å². The molecule has 0 saturated heterocycles. The summed E-state index contributed by atoms with van der Waals surface area (Å²) in [5, 5.41) is 2.97. The van der Waals surface area contributed by atoms with Crippen molar-refractivity contribution in [2.75, 3.05) is 11.4 Å². The SMILES string of the molecule is CC(C)(C)OC(=O)N1CCc2c1cccc2-n1ncc(C(=O)Cl)c1C(C)(F)F. The van der Waals surface area contributed by atoms with Crippen molar-refractivity contribution in [2.45, 2.75) is 45.6 Å². The van der Waals surface area contributed by atoms with Gasteiger partial charge in [0.15, 0.2) is 0 Å². The number of hydrogen-bond donors (Lipinski definition) is 0. The Morgan fingerprint density at radius 2 is 1.82 bits per heavy atom. The number of ether oxygens (including phenoxy) is 1. The number of carbonyl (C=O) groups excluding carboxylic acids is 2. The van der Waals surface area contributed by atoms with Crippen molar-refractivity contribution >= 4 is 28.6 Å². The minimum Gasteiger partial charge on any atom is -0.443 e. The first kappa shape index (κ1) is 20.3. The lowest BCUT2D eigenvalue weighted by Gasteiger charge is -2.25. The first-order valence-electron chi connectivity index (χ1n) is 8.69. The fourth-order valence-electron chi connectivity index (χ4n) is 3.22. The molecule has 1 aliphatic rings. The fourth-order valence-corrected chi connectivity index (χ4v) is 3.36. The fraction of sp³-hybridized carbons (Fsp3) is 0.421. The summed E-state index contributed by atoms with van der Waals surface area (Å²) in [5.41, 5.74) is -0.0107. The highest BCUT2D eigenvalue weighted by molar-refractivity contribution is 6.67. The molecular weight excluding hydrogens is 392 g/mol. The first-order chi connectivity index (χ1) is 12.9. The van der Waals surface area contributed by atoms with E-state index in [9.17, 15) is 18.4 Å². The average Bonchev–Trinajstić information content (AvgIpc) is 3.17. The summed E-state index contributed by atoms with van der Waals surface area (Å²) in [5.74, 6) is -3.34. The number of hydrogen-bond acceptors (Lipinski definition) is 4. The van der Waals surface area contributed by atoms with Crippen molar-refractivity contribution < 1.29 is 23.1 Å². The summed E-state index contributed by atoms with van der Waals surface area (Å²) in [6.45, 7) is 6.33. The topological polar surface area (TPSA) is 64.4 Å². The summed E-state index contributed by atoms with van der Waals surface area (Å²) in [6, 6.07) is 4.97. The van der Waals surface area contributed by atoms with Crippen molar-refractivity contribution in [3.05, 3.63) is 41.2 Å². The van der Waals surface area contributed by atoms with Gasteiger partial charge in [0.2, 0.25) is 0 Å². The van der Waals surface area contributed by atoms with Crippen LogP contribution in [0.3, 0.4) is 0 Å². The van der Waals surface area contributed by atoms with Gasteiger partial charge in [0, 0.05) is 19.0 Å². The van der Waals surface area contributed by atoms with E-state index in [2.05, 4.69) is 5.10 Å². The zero-order chi connectivity index (χ0) is 20.9. The summed E-state index contributed by atoms with van der Waals surface area (Å²) in [6.07, 6.45) is 0.951. The van der Waals surface area contributed by atoms with Crippen LogP contribution in [0.5, 0.6) is 0 Å². The smallest absolute Gasteiger partial charge is 0.414 e. The van der Waals surface area contributed by atoms with Gasteiger partial charge in [-0.2, -0.15) is 13.9 Å². The minimum absolute atomic E-state index is 0.349. The molecule has 0 radical (unpaired) electrons. The number of nitrogens with zero attached hydrogens (tertiary/aromatic N) is 3. The van der Waals surface area contributed by atoms with E-state index in [1.54, 1.807) is 39.0 Å². The molecular formula is C19H20ClF2N3O3. The summed E-state index contributed by atoms with van der Waals surface area (Å²) in [7, 11) is 0. The normalized spacial score (nSPS) is 14.2. The zero-order valence-electron chi connectivity index (χ0n) is 15.9. The Balaban J connectivity index is 2.09. The molecule has 0 unspecified atom stereocenters. The number of amides is 1. The lowest BCUT2D eigenvalue weighted by molar-refractivity contribution is 0.00945. The zero-order valence-corrected chi connectivity index (χ0v) is 16.7. The second-order valence-electron chi connectivity index (χ2n) is 7.64. The maximum absolute atomic E-state index is 14.2. The molecule has 1 aromatic heterocycles. The molecule has 0 saturated carbocycles. The van der Waals surface area contributed by atoms with Crippen molar-refractivity contribution in [1.29, 1.82) is 0 Å². The second kappa shape index (κ2) is 6.84. The van der Waals surface area contributed by atoms with Crippen LogP contribution < -0.4 is 4.90 Å². The van der Waals surface area contributed by atoms with Gasteiger partial charge in [-0.3, -0.25) is 9.69 Å². The number of aromatic nitrogens is 2. The maximum atomic E-state index is 14.2. The molecule has 0 N–H and O–H groups in total. The Morgan fingerprint density at radius 1 is 1.18 bits per heavy atom. The molecule has 6 nitrogen and oxygen atoms in total. The van der Waals surface area contributed by atoms with Crippen LogP contribution in [0.4, 0.5) is 19.3 Å². The van der Waals surface area contributed by atoms with E-state index >= 15 is 0 Å². The molecule has 2 heterocycles. The number of alkyl halides is 2. The second-order valence-corrected chi connectivity index (χ2v) is 7.98. The molecule has 0 atom stereocenters. The standard InChI is InChI=1S/C19H20ClF2N3O3/c1-18(2,3)28-17(27)24-9-8-11-13(24)6-5-7-14(11)25-15(19(4,21)22)12(10-23-25)16(20)26/h5-7,10H,8-9H2,1-4H3. The van der Waals surface area contributed by atoms with Gasteiger partial charge in [0.05, 0.1) is 23.1 Å². The van der Waals surface area contributed by atoms with Gasteiger partial charge in [0.25, 0.3) is 11.2 Å². The van der Waals surface area contributed by atoms with Crippen molar-refractivity contribution in [2.24, 2.45) is 0 Å². The van der Waals surface area contributed by atoms with Gasteiger partial charge in [-0.05, 0) is 50.9 Å². The van der Waals surface area contributed by atoms with E-state index < -0.39 is 28.6 Å². The summed E-state index contributed by atoms with van der Waals surface area (Å²) < 4.78 is 34.9. The molecule has 0 aliphatic carbocycles. The van der Waals surface area contributed by atoms with Crippen LogP contribution in [-0.2, 0) is 17.1 Å². The summed E-state index contributed by atoms with van der Waals surface area (Å²) in [4.78, 5) is 25.5. The van der Waals surface area contributed by atoms with Gasteiger partial charge < -0.3 is 4.74 Å². The lowest BCUT2D eigenvalue weighted by Crippen LogP contribution is -2.35. The number of fused-ring (bicyclic) bond motifs is 1. The van der Waals surface area contributed by atoms with Gasteiger partial charge in [-0.1, -0.05) is 6.07 Å². The molecule has 0 spiro atoms. The van der Waals surface area contributed by atoms with E-state index in [1.165, 1.54) is 4.90 Å². The Hall–Kier alpha value is -2.48. The Morgan fingerprint density at radius 3 is 2.39 bits per heavy atom. The highest BCUT2D eigenvalue weighted by Crippen LogP contribution is 2.37. The highest BCUT2D eigenvalue weighted by atomic mass is 35.5. The van der Waals surface area contributed by atoms with Crippen molar-refractivity contribution in [3.63, 3.8) is 0 Å². The van der Waals surface area contributed by atoms with Gasteiger partial charge in [-0.25, -0.2) is 9.48 Å². The van der Waals surface area contributed by atoms with Gasteiger partial charge in [-0.15, -0.1) is 0 Å². The van der Waals surface area contributed by atoms with Crippen LogP contribution in [-0.4, -0.2) is 33.3 Å². The average molecular weight is 412 g/mol. The third-order valence-electron chi connectivity index (χ3n) is 4.24. The Kier molecular flexibility index (Phi) is 4.95. The minimum atomic E-state index is -3.34. The number of benzene rings is 1. The number of anilines is 1. The molecule has 1 amide bonds. The van der Waals surface area contributed by atoms with Crippen LogP contribution in [0.25, 0.3) is 5.69 Å². The molecule has 0 fully saturated rings. The number of carbonyl (C=O) groups is 2. The van der Waals surface area contributed by atoms with Crippen LogP contribution in [0.1, 0.15) is 49.3 Å². The molecule has 1 aliphatic heterocycles. The largest absolute Gasteiger partial charge is 0.443 e. The van der Waals surface area contributed by atoms with Crippen LogP contribution >= 0.6 is 11.6 Å². The maximum Gasteiger partial charge on any atom is 0.414 e. The molecule has 3 rings (SSSR count). The van der Waals surface area contributed by atoms with Gasteiger partial charge >= 0.3 is 6.09 Å². The third kappa shape index (κ3) is 3.73. The molecule has 0 bridgehead atoms. The van der Waals surface area contributed by atoms with E-state index in [1.807, 2.05) is 0 Å². The van der Waals surface area contributed by atoms with Gasteiger partial charge in [0.1, 0.15) is 11.3 Å². The van der Waals surface area contributed by atoms with Crippen LogP contribution in [0.15, 0.2) is 24.4 Å². The highest BCUT2D eigenvalue weighted by Gasteiger charge is 2.37. The van der Waals surface area contributed by atoms with E-state index in [0.717, 1.165) is 10.9 Å². The van der Waals surface area contributed by atoms with E-state index in [4.69, 9.17) is 16.3 Å². The molecule has 9 heteroatoms. The molecule has 2 aromatic rings. The first-order valence-corrected chi connectivity index (χ1v) is 9.07. The number of rotatable bonds is 3. The third-order valence-corrected chi connectivity index (χ3v) is 4.45. The lowest BCUT2D eigenvalue weighted by atomic mass is 10.1. The van der Waals surface area contributed by atoms with Crippen LogP contribution in [0.2, 0.25) is 0 Å². The van der Waals surface area contributed by atoms with E-state index in [-0.39, 0.29) is 5.56 Å². The Labute approximate surface area is 166 Å². The predicted molar refractivity (Wildman–Crippen MR) is 101 cm³/mol. The number of halogens is 3. The molecule has 150 valence electrons. The monoisotopic (exact) mass is 411 g/mol. The Bertz CT molecular complexity index is 945. The molecule has 1 aromatic carbocycles. The van der Waals surface area contributed by atoms with E-state index in [0.29, 0.717) is 36.8 Å². The quantitative estimate of drug-likeness (QED) is 0.689. The predicted octanol–water partition coefficient (Wildman–Crippen LogP) is 4.66. The molecule has 28 heavy (non-hydrogen) atoms. The van der Waals surface area contributed by atoms with Crippen molar-refractivity contribution in [1.82, 2.24) is 9.78 Å². The van der Waals surface area contributed by atoms with Crippen molar-refractivity contribution in [3.8, 4) is 5.69 Å².